The van der Waals surface area contributed by atoms with Gasteiger partial charge < -0.3 is 10.6 Å². The Kier molecular flexibility index (Phi) is 4.57. The van der Waals surface area contributed by atoms with Gasteiger partial charge in [0.2, 0.25) is 0 Å². The third-order valence-electron chi connectivity index (χ3n) is 3.56. The molecule has 2 amide bonds. The normalized spacial score (nSPS) is 10.8. The highest BCUT2D eigenvalue weighted by Crippen LogP contribution is 2.18. The Bertz CT molecular complexity index is 945. The molecule has 0 saturated heterocycles. The molecule has 3 aromatic rings. The number of nitrogens with zero attached hydrogens (tertiary/aromatic N) is 1. The third-order valence-corrected chi connectivity index (χ3v) is 3.79. The van der Waals surface area contributed by atoms with Gasteiger partial charge in [0, 0.05) is 22.9 Å². The van der Waals surface area contributed by atoms with Gasteiger partial charge in [0.25, 0.3) is 5.56 Å². The Morgan fingerprint density at radius 2 is 1.92 bits per heavy atom. The number of urea groups is 1. The van der Waals surface area contributed by atoms with Crippen LogP contribution in [0.5, 0.6) is 0 Å². The number of H-pyrrole nitrogens is 1. The zero-order valence-electron chi connectivity index (χ0n) is 13.1. The number of anilines is 2. The molecule has 0 atom stereocenters. The van der Waals surface area contributed by atoms with Crippen molar-refractivity contribution in [2.45, 2.75) is 19.9 Å². The van der Waals surface area contributed by atoms with Crippen LogP contribution >= 0.6 is 11.6 Å². The molecule has 124 valence electrons. The average molecular weight is 345 g/mol. The second-order valence-electron chi connectivity index (χ2n) is 5.41. The molecule has 0 radical (unpaired) electrons. The van der Waals surface area contributed by atoms with Crippen molar-refractivity contribution < 1.29 is 4.79 Å². The van der Waals surface area contributed by atoms with Crippen LogP contribution < -0.4 is 16.2 Å². The molecule has 0 saturated carbocycles. The van der Waals surface area contributed by atoms with E-state index in [0.717, 1.165) is 18.5 Å². The van der Waals surface area contributed by atoms with E-state index >= 15 is 0 Å². The van der Waals surface area contributed by atoms with E-state index in [1.165, 1.54) is 0 Å². The minimum Gasteiger partial charge on any atom is -0.308 e. The largest absolute Gasteiger partial charge is 0.323 e. The molecule has 0 spiro atoms. The van der Waals surface area contributed by atoms with Crippen LogP contribution in [0.1, 0.15) is 13.3 Å². The van der Waals surface area contributed by atoms with Crippen molar-refractivity contribution in [2.24, 2.45) is 0 Å². The Balaban J connectivity index is 1.79. The van der Waals surface area contributed by atoms with Crippen LogP contribution in [0, 0.1) is 0 Å². The highest BCUT2D eigenvalue weighted by molar-refractivity contribution is 6.30. The number of carbonyl (C=O) groups is 1. The van der Waals surface area contributed by atoms with E-state index in [1.54, 1.807) is 36.4 Å². The SMILES string of the molecule is CCCn1[nH]c(=O)c2cc(NC(=O)Nc3cccc(Cl)c3)ccc21. The number of hydrogen-bond donors (Lipinski definition) is 3. The van der Waals surface area contributed by atoms with Crippen molar-refractivity contribution in [3.05, 3.63) is 57.8 Å². The highest BCUT2D eigenvalue weighted by atomic mass is 35.5. The van der Waals surface area contributed by atoms with Gasteiger partial charge in [-0.05, 0) is 42.8 Å². The number of carbonyl (C=O) groups excluding carboxylic acids is 1. The first kappa shape index (κ1) is 16.1. The smallest absolute Gasteiger partial charge is 0.308 e. The number of amides is 2. The van der Waals surface area contributed by atoms with Crippen LogP contribution in [-0.2, 0) is 6.54 Å². The highest BCUT2D eigenvalue weighted by Gasteiger charge is 2.09. The quantitative estimate of drug-likeness (QED) is 0.668. The lowest BCUT2D eigenvalue weighted by molar-refractivity contribution is 0.262. The van der Waals surface area contributed by atoms with Crippen LogP contribution in [0.15, 0.2) is 47.3 Å². The average Bonchev–Trinajstić information content (AvgIpc) is 2.83. The number of rotatable bonds is 4. The zero-order valence-corrected chi connectivity index (χ0v) is 13.9. The van der Waals surface area contributed by atoms with E-state index in [0.29, 0.717) is 21.8 Å². The summed E-state index contributed by atoms with van der Waals surface area (Å²) >= 11 is 5.89. The summed E-state index contributed by atoms with van der Waals surface area (Å²) in [5, 5.41) is 9.29. The molecule has 6 nitrogen and oxygen atoms in total. The Morgan fingerprint density at radius 3 is 2.62 bits per heavy atom. The molecule has 0 aliphatic rings. The summed E-state index contributed by atoms with van der Waals surface area (Å²) < 4.78 is 1.81. The van der Waals surface area contributed by atoms with Crippen molar-refractivity contribution in [3.8, 4) is 0 Å². The molecule has 3 N–H and O–H groups in total. The molecule has 0 fully saturated rings. The number of aromatic amines is 1. The first-order valence-corrected chi connectivity index (χ1v) is 8.01. The monoisotopic (exact) mass is 344 g/mol. The molecule has 1 heterocycles. The number of aromatic nitrogens is 2. The lowest BCUT2D eigenvalue weighted by Crippen LogP contribution is -2.19. The second-order valence-corrected chi connectivity index (χ2v) is 5.85. The fourth-order valence-electron chi connectivity index (χ4n) is 2.53. The van der Waals surface area contributed by atoms with Crippen LogP contribution in [-0.4, -0.2) is 15.8 Å². The number of halogens is 1. The van der Waals surface area contributed by atoms with Gasteiger partial charge in [-0.25, -0.2) is 4.79 Å². The molecule has 0 aliphatic heterocycles. The summed E-state index contributed by atoms with van der Waals surface area (Å²) in [6, 6.07) is 11.7. The number of benzene rings is 2. The van der Waals surface area contributed by atoms with E-state index in [9.17, 15) is 9.59 Å². The molecular weight excluding hydrogens is 328 g/mol. The Hall–Kier alpha value is -2.73. The van der Waals surface area contributed by atoms with Gasteiger partial charge in [-0.1, -0.05) is 24.6 Å². The first-order valence-electron chi connectivity index (χ1n) is 7.63. The molecule has 0 bridgehead atoms. The van der Waals surface area contributed by atoms with Gasteiger partial charge in [0.1, 0.15) is 0 Å². The fraction of sp³-hybridized carbons (Fsp3) is 0.176. The standard InChI is InChI=1S/C17H17ClN4O2/c1-2-8-22-15-7-6-13(10-14(15)16(23)21-22)20-17(24)19-12-5-3-4-11(18)9-12/h3-7,9-10H,2,8H2,1H3,(H,21,23)(H2,19,20,24). The van der Waals surface area contributed by atoms with Gasteiger partial charge in [0.05, 0.1) is 10.9 Å². The minimum atomic E-state index is -0.402. The lowest BCUT2D eigenvalue weighted by Gasteiger charge is -2.08. The van der Waals surface area contributed by atoms with E-state index in [2.05, 4.69) is 15.7 Å². The Labute approximate surface area is 143 Å². The Morgan fingerprint density at radius 1 is 1.17 bits per heavy atom. The number of hydrogen-bond acceptors (Lipinski definition) is 2. The number of aryl methyl sites for hydroxylation is 1. The predicted octanol–water partition coefficient (Wildman–Crippen LogP) is 4.04. The summed E-state index contributed by atoms with van der Waals surface area (Å²) in [5.41, 5.74) is 1.79. The number of fused-ring (bicyclic) bond motifs is 1. The topological polar surface area (TPSA) is 78.9 Å². The van der Waals surface area contributed by atoms with Crippen LogP contribution in [0.4, 0.5) is 16.2 Å². The van der Waals surface area contributed by atoms with E-state index in [4.69, 9.17) is 11.6 Å². The molecule has 2 aromatic carbocycles. The van der Waals surface area contributed by atoms with Gasteiger partial charge in [-0.2, -0.15) is 0 Å². The zero-order chi connectivity index (χ0) is 17.1. The summed E-state index contributed by atoms with van der Waals surface area (Å²) in [4.78, 5) is 24.1. The lowest BCUT2D eigenvalue weighted by atomic mass is 10.2. The fourth-order valence-corrected chi connectivity index (χ4v) is 2.72. The van der Waals surface area contributed by atoms with Crippen molar-refractivity contribution >= 4 is 39.9 Å². The summed E-state index contributed by atoms with van der Waals surface area (Å²) in [7, 11) is 0. The van der Waals surface area contributed by atoms with Crippen molar-refractivity contribution in [3.63, 3.8) is 0 Å². The molecular formula is C17H17ClN4O2. The number of nitrogens with one attached hydrogen (secondary N) is 3. The van der Waals surface area contributed by atoms with Crippen molar-refractivity contribution in [2.75, 3.05) is 10.6 Å². The maximum atomic E-state index is 12.1. The summed E-state index contributed by atoms with van der Waals surface area (Å²) in [5.74, 6) is 0. The molecule has 3 rings (SSSR count). The minimum absolute atomic E-state index is 0.169. The van der Waals surface area contributed by atoms with Crippen LogP contribution in [0.2, 0.25) is 5.02 Å². The summed E-state index contributed by atoms with van der Waals surface area (Å²) in [6.45, 7) is 2.78. The molecule has 0 unspecified atom stereocenters. The maximum Gasteiger partial charge on any atom is 0.323 e. The molecule has 7 heteroatoms. The predicted molar refractivity (Wildman–Crippen MR) is 96.9 cm³/mol. The van der Waals surface area contributed by atoms with Gasteiger partial charge in [-0.15, -0.1) is 0 Å². The van der Waals surface area contributed by atoms with Crippen molar-refractivity contribution in [1.82, 2.24) is 9.78 Å². The van der Waals surface area contributed by atoms with Crippen molar-refractivity contribution in [1.29, 1.82) is 0 Å². The van der Waals surface area contributed by atoms with Gasteiger partial charge in [0.15, 0.2) is 0 Å². The van der Waals surface area contributed by atoms with Crippen LogP contribution in [0.25, 0.3) is 10.9 Å². The van der Waals surface area contributed by atoms with Crippen LogP contribution in [0.3, 0.4) is 0 Å². The maximum absolute atomic E-state index is 12.1. The molecule has 1 aromatic heterocycles. The third kappa shape index (κ3) is 3.44. The first-order chi connectivity index (χ1) is 11.6. The second kappa shape index (κ2) is 6.80. The summed E-state index contributed by atoms with van der Waals surface area (Å²) in [6.07, 6.45) is 0.918. The van der Waals surface area contributed by atoms with Gasteiger partial charge >= 0.3 is 6.03 Å². The molecule has 24 heavy (non-hydrogen) atoms. The van der Waals surface area contributed by atoms with E-state index in [-0.39, 0.29) is 5.56 Å². The molecule has 0 aliphatic carbocycles. The van der Waals surface area contributed by atoms with E-state index in [1.807, 2.05) is 17.7 Å². The van der Waals surface area contributed by atoms with E-state index < -0.39 is 6.03 Å². The van der Waals surface area contributed by atoms with Gasteiger partial charge in [-0.3, -0.25) is 14.6 Å².